The highest BCUT2D eigenvalue weighted by Gasteiger charge is 2.33. The highest BCUT2D eigenvalue weighted by Crippen LogP contribution is 2.28. The van der Waals surface area contributed by atoms with Crippen LogP contribution in [0.4, 0.5) is 0 Å². The van der Waals surface area contributed by atoms with Crippen molar-refractivity contribution >= 4 is 38.7 Å². The van der Waals surface area contributed by atoms with E-state index in [2.05, 4.69) is 21.0 Å². The Balaban J connectivity index is 1.68. The molecule has 9 heteroatoms. The van der Waals surface area contributed by atoms with E-state index in [1.54, 1.807) is 18.2 Å². The molecule has 3 rings (SSSR count). The summed E-state index contributed by atoms with van der Waals surface area (Å²) >= 11 is 1.01. The molecule has 1 aromatic carbocycles. The van der Waals surface area contributed by atoms with Gasteiger partial charge < -0.3 is 5.32 Å². The lowest BCUT2D eigenvalue weighted by molar-refractivity contribution is -0.126. The summed E-state index contributed by atoms with van der Waals surface area (Å²) < 4.78 is 35.6. The van der Waals surface area contributed by atoms with Crippen molar-refractivity contribution in [3.05, 3.63) is 18.2 Å². The first kappa shape index (κ1) is 18.2. The maximum Gasteiger partial charge on any atom is 0.245 e. The number of piperidine rings is 1. The Labute approximate surface area is 151 Å². The molecule has 1 aliphatic rings. The van der Waals surface area contributed by atoms with Gasteiger partial charge in [0.1, 0.15) is 15.9 Å². The molecule has 0 atom stereocenters. The first-order valence-corrected chi connectivity index (χ1v) is 10.7. The fourth-order valence-corrected chi connectivity index (χ4v) is 5.24. The topological polar surface area (TPSA) is 92.3 Å². The Hall–Kier alpha value is -1.58. The fraction of sp³-hybridized carbons (Fsp3) is 0.562. The van der Waals surface area contributed by atoms with Crippen LogP contribution in [0.15, 0.2) is 23.1 Å². The highest BCUT2D eigenvalue weighted by atomic mass is 32.2. The fourth-order valence-electron chi connectivity index (χ4n) is 3.02. The lowest BCUT2D eigenvalue weighted by Gasteiger charge is -2.30. The Morgan fingerprint density at radius 3 is 2.80 bits per heavy atom. The smallest absolute Gasteiger partial charge is 0.245 e. The van der Waals surface area contributed by atoms with Gasteiger partial charge in [-0.2, -0.15) is 13.1 Å². The van der Waals surface area contributed by atoms with Gasteiger partial charge in [-0.05, 0) is 31.4 Å². The van der Waals surface area contributed by atoms with Crippen LogP contribution in [0.5, 0.6) is 0 Å². The molecule has 0 bridgehead atoms. The average molecular weight is 383 g/mol. The summed E-state index contributed by atoms with van der Waals surface area (Å²) in [5, 5.41) is 2.94. The number of rotatable bonds is 6. The van der Waals surface area contributed by atoms with Gasteiger partial charge in [-0.3, -0.25) is 4.79 Å². The maximum atomic E-state index is 12.9. The van der Waals surface area contributed by atoms with Crippen molar-refractivity contribution in [1.29, 1.82) is 0 Å². The van der Waals surface area contributed by atoms with E-state index in [9.17, 15) is 13.2 Å². The summed E-state index contributed by atoms with van der Waals surface area (Å²) in [4.78, 5) is 12.3. The van der Waals surface area contributed by atoms with Crippen molar-refractivity contribution in [3.8, 4) is 0 Å². The molecule has 0 aliphatic carbocycles. The van der Waals surface area contributed by atoms with Gasteiger partial charge in [0.15, 0.2) is 0 Å². The van der Waals surface area contributed by atoms with E-state index < -0.39 is 10.0 Å². The number of fused-ring (bicyclic) bond motifs is 1. The lowest BCUT2D eigenvalue weighted by atomic mass is 9.97. The second-order valence-electron chi connectivity index (χ2n) is 6.21. The third kappa shape index (κ3) is 3.83. The number of unbranched alkanes of at least 4 members (excludes halogenated alkanes) is 1. The van der Waals surface area contributed by atoms with Gasteiger partial charge in [-0.1, -0.05) is 19.4 Å². The van der Waals surface area contributed by atoms with Crippen LogP contribution in [-0.4, -0.2) is 47.0 Å². The van der Waals surface area contributed by atoms with Gasteiger partial charge >= 0.3 is 0 Å². The van der Waals surface area contributed by atoms with Crippen LogP contribution < -0.4 is 5.32 Å². The van der Waals surface area contributed by atoms with Gasteiger partial charge in [0.2, 0.25) is 15.9 Å². The van der Waals surface area contributed by atoms with Gasteiger partial charge in [-0.15, -0.1) is 0 Å². The van der Waals surface area contributed by atoms with Crippen LogP contribution in [0.2, 0.25) is 0 Å². The van der Waals surface area contributed by atoms with Crippen molar-refractivity contribution in [3.63, 3.8) is 0 Å². The molecule has 0 unspecified atom stereocenters. The normalized spacial score (nSPS) is 17.0. The van der Waals surface area contributed by atoms with E-state index in [4.69, 9.17) is 0 Å². The van der Waals surface area contributed by atoms with Gasteiger partial charge in [0, 0.05) is 25.6 Å². The van der Waals surface area contributed by atoms with Crippen molar-refractivity contribution in [2.75, 3.05) is 19.6 Å². The van der Waals surface area contributed by atoms with E-state index >= 15 is 0 Å². The quantitative estimate of drug-likeness (QED) is 0.772. The van der Waals surface area contributed by atoms with Gasteiger partial charge in [-0.25, -0.2) is 8.42 Å². The third-order valence-electron chi connectivity index (χ3n) is 4.52. The largest absolute Gasteiger partial charge is 0.356 e. The first-order chi connectivity index (χ1) is 12.0. The molecule has 0 spiro atoms. The molecule has 0 saturated carbocycles. The molecule has 7 nitrogen and oxygen atoms in total. The molecule has 1 aromatic heterocycles. The van der Waals surface area contributed by atoms with Gasteiger partial charge in [0.05, 0.1) is 11.7 Å². The number of nitrogens with one attached hydrogen (secondary N) is 1. The zero-order chi connectivity index (χ0) is 17.9. The van der Waals surface area contributed by atoms with Crippen molar-refractivity contribution in [2.45, 2.75) is 37.5 Å². The van der Waals surface area contributed by atoms with Crippen LogP contribution in [0.3, 0.4) is 0 Å². The molecule has 1 aliphatic heterocycles. The molecule has 0 radical (unpaired) electrons. The van der Waals surface area contributed by atoms with Crippen LogP contribution in [0.25, 0.3) is 11.0 Å². The minimum atomic E-state index is -3.62. The number of nitrogens with zero attached hydrogens (tertiary/aromatic N) is 3. The van der Waals surface area contributed by atoms with Crippen molar-refractivity contribution in [2.24, 2.45) is 5.92 Å². The number of carbonyl (C=O) groups is 1. The Kier molecular flexibility index (Phi) is 5.65. The van der Waals surface area contributed by atoms with Crippen LogP contribution >= 0.6 is 11.7 Å². The minimum Gasteiger partial charge on any atom is -0.356 e. The summed E-state index contributed by atoms with van der Waals surface area (Å²) in [5.41, 5.74) is 1.02. The minimum absolute atomic E-state index is 0.0382. The summed E-state index contributed by atoms with van der Waals surface area (Å²) in [6.07, 6.45) is 3.09. The molecule has 2 heterocycles. The number of hydrogen-bond donors (Lipinski definition) is 1. The third-order valence-corrected chi connectivity index (χ3v) is 6.99. The monoisotopic (exact) mass is 382 g/mol. The second kappa shape index (κ2) is 7.76. The zero-order valence-corrected chi connectivity index (χ0v) is 15.8. The SMILES string of the molecule is CCCCNC(=O)C1CCN(S(=O)(=O)c2cccc3nsnc23)CC1. The summed E-state index contributed by atoms with van der Waals surface area (Å²) in [5.74, 6) is -0.0728. The molecule has 1 saturated heterocycles. The number of sulfonamides is 1. The zero-order valence-electron chi connectivity index (χ0n) is 14.1. The molecular formula is C16H22N4O3S2. The second-order valence-corrected chi connectivity index (χ2v) is 8.65. The summed E-state index contributed by atoms with van der Waals surface area (Å²) in [7, 11) is -3.62. The first-order valence-electron chi connectivity index (χ1n) is 8.53. The van der Waals surface area contributed by atoms with Crippen LogP contribution in [0, 0.1) is 5.92 Å². The number of amides is 1. The Bertz CT molecular complexity index is 842. The van der Waals surface area contributed by atoms with Gasteiger partial charge in [0.25, 0.3) is 0 Å². The Morgan fingerprint density at radius 2 is 2.08 bits per heavy atom. The van der Waals surface area contributed by atoms with E-state index in [-0.39, 0.29) is 16.7 Å². The van der Waals surface area contributed by atoms with Crippen molar-refractivity contribution in [1.82, 2.24) is 18.4 Å². The molecule has 1 fully saturated rings. The van der Waals surface area contributed by atoms with Crippen molar-refractivity contribution < 1.29 is 13.2 Å². The molecule has 136 valence electrons. The van der Waals surface area contributed by atoms with Crippen LogP contribution in [-0.2, 0) is 14.8 Å². The predicted octanol–water partition coefficient (Wildman–Crippen LogP) is 2.01. The number of hydrogen-bond acceptors (Lipinski definition) is 6. The van der Waals surface area contributed by atoms with Crippen LogP contribution in [0.1, 0.15) is 32.6 Å². The number of benzene rings is 1. The number of aromatic nitrogens is 2. The molecular weight excluding hydrogens is 360 g/mol. The lowest BCUT2D eigenvalue weighted by Crippen LogP contribution is -2.43. The maximum absolute atomic E-state index is 12.9. The molecule has 25 heavy (non-hydrogen) atoms. The standard InChI is InChI=1S/C16H22N4O3S2/c1-2-3-9-17-16(21)12-7-10-20(11-8-12)25(22,23)14-6-4-5-13-15(14)19-24-18-13/h4-6,12H,2-3,7-11H2,1H3,(H,17,21). The predicted molar refractivity (Wildman–Crippen MR) is 96.8 cm³/mol. The summed E-state index contributed by atoms with van der Waals surface area (Å²) in [6.45, 7) is 3.46. The molecule has 2 aromatic rings. The Morgan fingerprint density at radius 1 is 1.32 bits per heavy atom. The molecule has 1 N–H and O–H groups in total. The molecule has 1 amide bonds. The van der Waals surface area contributed by atoms with E-state index in [1.165, 1.54) is 4.31 Å². The van der Waals surface area contributed by atoms with E-state index in [1.807, 2.05) is 0 Å². The number of carbonyl (C=O) groups excluding carboxylic acids is 1. The van der Waals surface area contributed by atoms with E-state index in [0.29, 0.717) is 43.5 Å². The average Bonchev–Trinajstić information content (AvgIpc) is 3.10. The summed E-state index contributed by atoms with van der Waals surface area (Å²) in [6, 6.07) is 5.01. The van der Waals surface area contributed by atoms with E-state index in [0.717, 1.165) is 24.6 Å². The highest BCUT2D eigenvalue weighted by molar-refractivity contribution is 7.89.